The molecule has 0 radical (unpaired) electrons. The Morgan fingerprint density at radius 3 is 2.58 bits per heavy atom. The first kappa shape index (κ1) is 17.3. The second kappa shape index (κ2) is 6.99. The molecule has 24 heavy (non-hydrogen) atoms. The largest absolute Gasteiger partial charge is 0.508 e. The number of carboxylic acids is 1. The molecule has 2 N–H and O–H groups in total. The number of benzene rings is 1. The van der Waals surface area contributed by atoms with Crippen LogP contribution >= 0.6 is 0 Å². The predicted molar refractivity (Wildman–Crippen MR) is 85.1 cm³/mol. The Bertz CT molecular complexity index is 853. The number of aromatic carboxylic acids is 1. The summed E-state index contributed by atoms with van der Waals surface area (Å²) in [6.07, 6.45) is 0. The summed E-state index contributed by atoms with van der Waals surface area (Å²) >= 11 is 0. The molecule has 1 aromatic heterocycles. The fourth-order valence-corrected chi connectivity index (χ4v) is 2.38. The van der Waals surface area contributed by atoms with Crippen molar-refractivity contribution in [1.29, 1.82) is 0 Å². The van der Waals surface area contributed by atoms with E-state index in [-0.39, 0.29) is 30.2 Å². The molecule has 2 rings (SSSR count). The van der Waals surface area contributed by atoms with Gasteiger partial charge in [0.1, 0.15) is 12.4 Å². The molecule has 1 aromatic carbocycles. The lowest BCUT2D eigenvalue weighted by atomic mass is 10.0. The first-order chi connectivity index (χ1) is 11.3. The van der Waals surface area contributed by atoms with E-state index in [0.717, 1.165) is 6.07 Å². The average molecular weight is 331 g/mol. The number of rotatable bonds is 5. The lowest BCUT2D eigenvalue weighted by Crippen LogP contribution is -2.25. The number of carbonyl (C=O) groups excluding carboxylic acids is 1. The standard InChI is InChI=1S/C17H17NO6/c1-10-4-3-5-14(17(22)23)15(10)8-18-12(9-24-11(2)19)6-13(20)7-16(18)21/h3-7,20H,8-9H2,1-2H3,(H,22,23). The van der Waals surface area contributed by atoms with Crippen LogP contribution in [0, 0.1) is 6.92 Å². The number of aromatic hydroxyl groups is 1. The van der Waals surface area contributed by atoms with Gasteiger partial charge in [-0.15, -0.1) is 0 Å². The number of hydrogen-bond acceptors (Lipinski definition) is 5. The molecule has 0 aliphatic carbocycles. The van der Waals surface area contributed by atoms with Gasteiger partial charge in [-0.05, 0) is 24.1 Å². The third-order valence-corrected chi connectivity index (χ3v) is 3.58. The summed E-state index contributed by atoms with van der Waals surface area (Å²) in [5.41, 5.74) is 1.04. The lowest BCUT2D eigenvalue weighted by molar-refractivity contribution is -0.142. The fourth-order valence-electron chi connectivity index (χ4n) is 2.38. The maximum absolute atomic E-state index is 12.2. The normalized spacial score (nSPS) is 10.4. The van der Waals surface area contributed by atoms with E-state index in [9.17, 15) is 24.6 Å². The van der Waals surface area contributed by atoms with Crippen molar-refractivity contribution < 1.29 is 24.5 Å². The van der Waals surface area contributed by atoms with Crippen LogP contribution in [0.3, 0.4) is 0 Å². The van der Waals surface area contributed by atoms with Gasteiger partial charge in [0.25, 0.3) is 5.56 Å². The molecule has 0 bridgehead atoms. The van der Waals surface area contributed by atoms with Crippen molar-refractivity contribution in [3.05, 3.63) is 63.1 Å². The number of esters is 1. The monoisotopic (exact) mass is 331 g/mol. The highest BCUT2D eigenvalue weighted by Gasteiger charge is 2.15. The van der Waals surface area contributed by atoms with E-state index in [1.165, 1.54) is 23.6 Å². The molecule has 0 aliphatic rings. The maximum Gasteiger partial charge on any atom is 0.336 e. The van der Waals surface area contributed by atoms with Crippen LogP contribution in [0.1, 0.15) is 34.1 Å². The van der Waals surface area contributed by atoms with Crippen molar-refractivity contribution in [2.75, 3.05) is 0 Å². The Labute approximate surface area is 137 Å². The molecule has 7 heteroatoms. The number of nitrogens with zero attached hydrogens (tertiary/aromatic N) is 1. The van der Waals surface area contributed by atoms with Crippen molar-refractivity contribution in [1.82, 2.24) is 4.57 Å². The first-order valence-corrected chi connectivity index (χ1v) is 7.17. The highest BCUT2D eigenvalue weighted by atomic mass is 16.5. The van der Waals surface area contributed by atoms with Gasteiger partial charge < -0.3 is 19.5 Å². The Balaban J connectivity index is 2.52. The number of pyridine rings is 1. The van der Waals surface area contributed by atoms with E-state index in [1.54, 1.807) is 19.1 Å². The molecule has 2 aromatic rings. The highest BCUT2D eigenvalue weighted by molar-refractivity contribution is 5.89. The Kier molecular flexibility index (Phi) is 5.03. The number of hydrogen-bond donors (Lipinski definition) is 2. The molecule has 0 saturated carbocycles. The summed E-state index contributed by atoms with van der Waals surface area (Å²) in [5, 5.41) is 18.9. The SMILES string of the molecule is CC(=O)OCc1cc(O)cc(=O)n1Cc1c(C)cccc1C(=O)O. The third-order valence-electron chi connectivity index (χ3n) is 3.58. The molecule has 1 heterocycles. The molecule has 0 atom stereocenters. The van der Waals surface area contributed by atoms with Gasteiger partial charge in [0.2, 0.25) is 0 Å². The zero-order valence-corrected chi connectivity index (χ0v) is 13.3. The molecule has 0 aliphatic heterocycles. The van der Waals surface area contributed by atoms with Crippen LogP contribution in [0.4, 0.5) is 0 Å². The van der Waals surface area contributed by atoms with Gasteiger partial charge in [0, 0.05) is 19.1 Å². The quantitative estimate of drug-likeness (QED) is 0.807. The van der Waals surface area contributed by atoms with Crippen LogP contribution in [0.15, 0.2) is 35.1 Å². The molecular formula is C17H17NO6. The van der Waals surface area contributed by atoms with Gasteiger partial charge in [-0.2, -0.15) is 0 Å². The lowest BCUT2D eigenvalue weighted by Gasteiger charge is -2.16. The average Bonchev–Trinajstić information content (AvgIpc) is 2.49. The fraction of sp³-hybridized carbons (Fsp3) is 0.235. The van der Waals surface area contributed by atoms with Crippen molar-refractivity contribution >= 4 is 11.9 Å². The van der Waals surface area contributed by atoms with Crippen LogP contribution in [0.5, 0.6) is 5.75 Å². The topological polar surface area (TPSA) is 106 Å². The van der Waals surface area contributed by atoms with Gasteiger partial charge in [0.15, 0.2) is 0 Å². The van der Waals surface area contributed by atoms with E-state index in [1.807, 2.05) is 0 Å². The minimum atomic E-state index is -1.10. The molecule has 0 unspecified atom stereocenters. The summed E-state index contributed by atoms with van der Waals surface area (Å²) in [6, 6.07) is 7.17. The summed E-state index contributed by atoms with van der Waals surface area (Å²) in [4.78, 5) is 34.6. The van der Waals surface area contributed by atoms with Crippen LogP contribution in [-0.4, -0.2) is 26.7 Å². The van der Waals surface area contributed by atoms with Crippen molar-refractivity contribution in [2.24, 2.45) is 0 Å². The number of aromatic nitrogens is 1. The van der Waals surface area contributed by atoms with Crippen LogP contribution < -0.4 is 5.56 Å². The van der Waals surface area contributed by atoms with Crippen molar-refractivity contribution in [3.63, 3.8) is 0 Å². The Morgan fingerprint density at radius 2 is 1.96 bits per heavy atom. The first-order valence-electron chi connectivity index (χ1n) is 7.17. The number of carbonyl (C=O) groups is 2. The Hall–Kier alpha value is -3.09. The van der Waals surface area contributed by atoms with Crippen LogP contribution in [0.2, 0.25) is 0 Å². The second-order valence-electron chi connectivity index (χ2n) is 5.32. The molecule has 0 spiro atoms. The van der Waals surface area contributed by atoms with E-state index in [0.29, 0.717) is 11.1 Å². The molecule has 0 fully saturated rings. The van der Waals surface area contributed by atoms with Gasteiger partial charge in [0.05, 0.1) is 17.8 Å². The molecule has 0 saturated heterocycles. The number of ether oxygens (including phenoxy) is 1. The van der Waals surface area contributed by atoms with Crippen LogP contribution in [-0.2, 0) is 22.7 Å². The van der Waals surface area contributed by atoms with Gasteiger partial charge >= 0.3 is 11.9 Å². The van der Waals surface area contributed by atoms with E-state index < -0.39 is 17.5 Å². The van der Waals surface area contributed by atoms with E-state index in [4.69, 9.17) is 4.74 Å². The molecular weight excluding hydrogens is 314 g/mol. The summed E-state index contributed by atoms with van der Waals surface area (Å²) in [5.74, 6) is -1.87. The van der Waals surface area contributed by atoms with Crippen molar-refractivity contribution in [2.45, 2.75) is 27.0 Å². The molecule has 0 amide bonds. The van der Waals surface area contributed by atoms with E-state index in [2.05, 4.69) is 0 Å². The molecule has 126 valence electrons. The van der Waals surface area contributed by atoms with Gasteiger partial charge in [-0.3, -0.25) is 9.59 Å². The Morgan fingerprint density at radius 1 is 1.25 bits per heavy atom. The van der Waals surface area contributed by atoms with Crippen LogP contribution in [0.25, 0.3) is 0 Å². The number of carboxylic acid groups (broad SMARTS) is 1. The highest BCUT2D eigenvalue weighted by Crippen LogP contribution is 2.18. The van der Waals surface area contributed by atoms with Gasteiger partial charge in [-0.25, -0.2) is 4.79 Å². The number of aryl methyl sites for hydroxylation is 1. The zero-order chi connectivity index (χ0) is 17.9. The second-order valence-corrected chi connectivity index (χ2v) is 5.32. The third kappa shape index (κ3) is 3.81. The van der Waals surface area contributed by atoms with E-state index >= 15 is 0 Å². The summed E-state index contributed by atoms with van der Waals surface area (Å²) in [6.45, 7) is 2.77. The maximum atomic E-state index is 12.2. The minimum absolute atomic E-state index is 0.00990. The zero-order valence-electron chi connectivity index (χ0n) is 13.3. The smallest absolute Gasteiger partial charge is 0.336 e. The summed E-state index contributed by atoms with van der Waals surface area (Å²) < 4.78 is 6.17. The minimum Gasteiger partial charge on any atom is -0.508 e. The van der Waals surface area contributed by atoms with Crippen molar-refractivity contribution in [3.8, 4) is 5.75 Å². The predicted octanol–water partition coefficient (Wildman–Crippen LogP) is 1.67. The summed E-state index contributed by atoms with van der Waals surface area (Å²) in [7, 11) is 0. The molecule has 7 nitrogen and oxygen atoms in total. The van der Waals surface area contributed by atoms with Gasteiger partial charge in [-0.1, -0.05) is 12.1 Å².